The lowest BCUT2D eigenvalue weighted by Gasteiger charge is -2.10. The summed E-state index contributed by atoms with van der Waals surface area (Å²) in [6.07, 6.45) is 3.50. The molecule has 0 saturated carbocycles. The number of aromatic nitrogens is 2. The Morgan fingerprint density at radius 1 is 1.19 bits per heavy atom. The molecule has 0 spiro atoms. The van der Waals surface area contributed by atoms with Gasteiger partial charge in [-0.05, 0) is 49.6 Å². The lowest BCUT2D eigenvalue weighted by Crippen LogP contribution is -2.28. The first-order valence-corrected chi connectivity index (χ1v) is 11.5. The minimum absolute atomic E-state index is 0.0322. The number of ether oxygens (including phenoxy) is 1. The molecule has 9 nitrogen and oxygen atoms in total. The number of nitrogens with two attached hydrogens (primary N) is 1. The predicted octanol–water partition coefficient (Wildman–Crippen LogP) is 2.29. The topological polar surface area (TPSA) is 144 Å². The molecule has 0 unspecified atom stereocenters. The maximum Gasteiger partial charge on any atom is 0.412 e. The average molecular weight is 457 g/mol. The summed E-state index contributed by atoms with van der Waals surface area (Å²) < 4.78 is 27.9. The number of aromatic amines is 1. The Kier molecular flexibility index (Phi) is 7.06. The molecule has 1 aromatic carbocycles. The first-order chi connectivity index (χ1) is 15.2. The number of primary sulfonamides is 1. The number of amides is 1. The van der Waals surface area contributed by atoms with Crippen LogP contribution in [0.4, 0.5) is 4.79 Å². The monoisotopic (exact) mass is 456 g/mol. The molecule has 4 N–H and O–H groups in total. The van der Waals surface area contributed by atoms with E-state index in [4.69, 9.17) is 9.88 Å². The molecule has 3 rings (SSSR count). The van der Waals surface area contributed by atoms with Crippen LogP contribution in [0, 0.1) is 6.92 Å². The normalized spacial score (nSPS) is 11.2. The number of carbonyl (C=O) groups is 1. The van der Waals surface area contributed by atoms with Gasteiger partial charge in [0.2, 0.25) is 10.0 Å². The molecule has 10 heteroatoms. The van der Waals surface area contributed by atoms with Crippen LogP contribution in [0.1, 0.15) is 23.7 Å². The van der Waals surface area contributed by atoms with Gasteiger partial charge < -0.3 is 15.0 Å². The summed E-state index contributed by atoms with van der Waals surface area (Å²) in [6, 6.07) is 9.61. The molecule has 32 heavy (non-hydrogen) atoms. The van der Waals surface area contributed by atoms with Crippen molar-refractivity contribution >= 4 is 16.1 Å². The van der Waals surface area contributed by atoms with Gasteiger partial charge in [0.15, 0.2) is 5.75 Å². The van der Waals surface area contributed by atoms with E-state index in [1.165, 1.54) is 18.3 Å². The summed E-state index contributed by atoms with van der Waals surface area (Å²) in [5.74, 6) is 0.265. The summed E-state index contributed by atoms with van der Waals surface area (Å²) in [7, 11) is -3.73. The summed E-state index contributed by atoms with van der Waals surface area (Å²) in [6.45, 7) is 3.99. The van der Waals surface area contributed by atoms with Gasteiger partial charge in [-0.1, -0.05) is 19.1 Å². The smallest absolute Gasteiger partial charge is 0.409 e. The van der Waals surface area contributed by atoms with Crippen LogP contribution in [-0.4, -0.2) is 31.0 Å². The van der Waals surface area contributed by atoms with Crippen molar-refractivity contribution in [3.8, 4) is 16.9 Å². The quantitative estimate of drug-likeness (QED) is 0.497. The van der Waals surface area contributed by atoms with Gasteiger partial charge in [0, 0.05) is 35.1 Å². The molecule has 168 valence electrons. The molecule has 2 aromatic heterocycles. The molecule has 2 heterocycles. The van der Waals surface area contributed by atoms with Crippen molar-refractivity contribution in [2.24, 2.45) is 5.14 Å². The van der Waals surface area contributed by atoms with E-state index in [2.05, 4.69) is 15.3 Å². The number of benzene rings is 1. The molecular weight excluding hydrogens is 432 g/mol. The zero-order valence-corrected chi connectivity index (χ0v) is 18.5. The molecule has 0 aliphatic rings. The lowest BCUT2D eigenvalue weighted by atomic mass is 10.0. The Morgan fingerprint density at radius 3 is 2.56 bits per heavy atom. The van der Waals surface area contributed by atoms with Crippen molar-refractivity contribution in [1.82, 2.24) is 15.3 Å². The van der Waals surface area contributed by atoms with Crippen molar-refractivity contribution in [2.45, 2.75) is 31.6 Å². The van der Waals surface area contributed by atoms with E-state index in [0.29, 0.717) is 36.2 Å². The summed E-state index contributed by atoms with van der Waals surface area (Å²) >= 11 is 0. The largest absolute Gasteiger partial charge is 0.412 e. The Balaban J connectivity index is 1.61. The van der Waals surface area contributed by atoms with Gasteiger partial charge in [-0.15, -0.1) is 0 Å². The number of hydrogen-bond acceptors (Lipinski definition) is 6. The number of sulfonamides is 1. The summed E-state index contributed by atoms with van der Waals surface area (Å²) in [5.41, 5.74) is 3.60. The summed E-state index contributed by atoms with van der Waals surface area (Å²) in [4.78, 5) is 31.1. The van der Waals surface area contributed by atoms with Crippen LogP contribution in [0.5, 0.6) is 5.75 Å². The minimum atomic E-state index is -3.73. The first kappa shape index (κ1) is 23.2. The molecular formula is C22H24N4O5S. The van der Waals surface area contributed by atoms with E-state index in [-0.39, 0.29) is 16.2 Å². The maximum absolute atomic E-state index is 12.1. The minimum Gasteiger partial charge on any atom is -0.409 e. The third kappa shape index (κ3) is 5.80. The van der Waals surface area contributed by atoms with Crippen LogP contribution >= 0.6 is 0 Å². The van der Waals surface area contributed by atoms with Crippen molar-refractivity contribution in [3.05, 3.63) is 76.0 Å². The molecule has 0 bridgehead atoms. The Morgan fingerprint density at radius 2 is 1.91 bits per heavy atom. The van der Waals surface area contributed by atoms with E-state index in [1.54, 1.807) is 31.3 Å². The van der Waals surface area contributed by atoms with Crippen LogP contribution in [0.3, 0.4) is 0 Å². The Bertz CT molecular complexity index is 1280. The van der Waals surface area contributed by atoms with E-state index in [9.17, 15) is 18.0 Å². The van der Waals surface area contributed by atoms with Gasteiger partial charge in [0.25, 0.3) is 5.56 Å². The molecule has 0 fully saturated rings. The number of hydrogen-bond donors (Lipinski definition) is 3. The number of carbonyl (C=O) groups excluding carboxylic acids is 1. The second kappa shape index (κ2) is 9.75. The number of nitrogens with zero attached hydrogens (tertiary/aromatic N) is 1. The van der Waals surface area contributed by atoms with Gasteiger partial charge in [-0.25, -0.2) is 18.4 Å². The SMILES string of the molecule is CCc1cc(-c2cncc(OC(=O)NCCc3ccc(S(N)(=O)=O)cc3)c2)c(C)[nH]c1=O. The van der Waals surface area contributed by atoms with Crippen LogP contribution in [0.15, 0.2) is 58.5 Å². The van der Waals surface area contributed by atoms with Gasteiger partial charge >= 0.3 is 6.09 Å². The third-order valence-corrected chi connectivity index (χ3v) is 5.79. The Hall–Kier alpha value is -3.50. The fraction of sp³-hybridized carbons (Fsp3) is 0.227. The van der Waals surface area contributed by atoms with Crippen molar-refractivity contribution in [3.63, 3.8) is 0 Å². The van der Waals surface area contributed by atoms with Crippen LogP contribution in [0.25, 0.3) is 11.1 Å². The molecule has 0 aliphatic carbocycles. The first-order valence-electron chi connectivity index (χ1n) is 9.93. The highest BCUT2D eigenvalue weighted by Crippen LogP contribution is 2.25. The number of pyridine rings is 2. The van der Waals surface area contributed by atoms with Gasteiger partial charge in [0.1, 0.15) is 0 Å². The average Bonchev–Trinajstić information content (AvgIpc) is 2.74. The number of aryl methyl sites for hydroxylation is 2. The molecule has 1 amide bonds. The van der Waals surface area contributed by atoms with Crippen LogP contribution < -0.4 is 20.8 Å². The molecule has 0 atom stereocenters. The molecule has 0 aliphatic heterocycles. The van der Waals surface area contributed by atoms with E-state index in [1.807, 2.05) is 13.0 Å². The predicted molar refractivity (Wildman–Crippen MR) is 120 cm³/mol. The van der Waals surface area contributed by atoms with E-state index >= 15 is 0 Å². The van der Waals surface area contributed by atoms with Crippen LogP contribution in [0.2, 0.25) is 0 Å². The lowest BCUT2D eigenvalue weighted by molar-refractivity contribution is 0.200. The molecule has 0 radical (unpaired) electrons. The van der Waals surface area contributed by atoms with Crippen molar-refractivity contribution in [2.75, 3.05) is 6.54 Å². The standard InChI is InChI=1S/C22H24N4O5S/c1-3-16-11-20(14(2)26-21(16)27)17-10-18(13-24-12-17)31-22(28)25-9-8-15-4-6-19(7-5-15)32(23,29)30/h4-7,10-13H,3,8-9H2,1-2H3,(H,25,28)(H,26,27)(H2,23,29,30). The molecule has 3 aromatic rings. The maximum atomic E-state index is 12.1. The third-order valence-electron chi connectivity index (χ3n) is 4.87. The number of H-pyrrole nitrogens is 1. The van der Waals surface area contributed by atoms with E-state index < -0.39 is 16.1 Å². The van der Waals surface area contributed by atoms with Crippen molar-refractivity contribution < 1.29 is 17.9 Å². The highest BCUT2D eigenvalue weighted by molar-refractivity contribution is 7.89. The second-order valence-corrected chi connectivity index (χ2v) is 8.74. The van der Waals surface area contributed by atoms with Gasteiger partial charge in [0.05, 0.1) is 11.1 Å². The Labute approximate surface area is 185 Å². The second-order valence-electron chi connectivity index (χ2n) is 7.18. The highest BCUT2D eigenvalue weighted by Gasteiger charge is 2.11. The fourth-order valence-corrected chi connectivity index (χ4v) is 3.66. The van der Waals surface area contributed by atoms with E-state index in [0.717, 1.165) is 11.1 Å². The zero-order valence-electron chi connectivity index (χ0n) is 17.7. The highest BCUT2D eigenvalue weighted by atomic mass is 32.2. The summed E-state index contributed by atoms with van der Waals surface area (Å²) in [5, 5.41) is 7.72. The van der Waals surface area contributed by atoms with Crippen LogP contribution in [-0.2, 0) is 22.9 Å². The van der Waals surface area contributed by atoms with Crippen molar-refractivity contribution in [1.29, 1.82) is 0 Å². The van der Waals surface area contributed by atoms with Gasteiger partial charge in [-0.2, -0.15) is 0 Å². The fourth-order valence-electron chi connectivity index (χ4n) is 3.15. The van der Waals surface area contributed by atoms with Gasteiger partial charge in [-0.3, -0.25) is 9.78 Å². The molecule has 0 saturated heterocycles. The number of rotatable bonds is 7. The number of nitrogens with one attached hydrogen (secondary N) is 2. The zero-order chi connectivity index (χ0) is 23.3.